The molecule has 0 saturated carbocycles. The lowest BCUT2D eigenvalue weighted by molar-refractivity contribution is -0.0336. The van der Waals surface area contributed by atoms with Gasteiger partial charge in [0.05, 0.1) is 36.4 Å². The average Bonchev–Trinajstić information content (AvgIpc) is 3.31. The number of benzene rings is 4. The third kappa shape index (κ3) is 11.7. The van der Waals surface area contributed by atoms with Crippen LogP contribution >= 0.6 is 0 Å². The van der Waals surface area contributed by atoms with Crippen LogP contribution in [0.3, 0.4) is 0 Å². The lowest BCUT2D eigenvalue weighted by Gasteiger charge is -2.43. The summed E-state index contributed by atoms with van der Waals surface area (Å²) in [6.45, 7) is 7.59. The number of aromatic amines is 1. The number of esters is 1. The number of hydrogen-bond acceptors (Lipinski definition) is 11. The molecule has 0 spiro atoms. The van der Waals surface area contributed by atoms with Crippen molar-refractivity contribution >= 4 is 23.0 Å². The van der Waals surface area contributed by atoms with Crippen molar-refractivity contribution in [3.8, 4) is 11.5 Å². The number of nitrogens with one attached hydrogen (secondary N) is 3. The highest BCUT2D eigenvalue weighted by molar-refractivity contribution is 5.89. The van der Waals surface area contributed by atoms with Crippen LogP contribution in [0.2, 0.25) is 0 Å². The molecule has 4 saturated heterocycles. The molecule has 63 heavy (non-hydrogen) atoms. The van der Waals surface area contributed by atoms with Gasteiger partial charge in [-0.05, 0) is 142 Å². The number of nitrogens with zero attached hydrogens (tertiary/aromatic N) is 2. The topological polar surface area (TPSA) is 166 Å². The first kappa shape index (κ1) is 43.9. The van der Waals surface area contributed by atoms with Gasteiger partial charge in [0.15, 0.2) is 0 Å². The van der Waals surface area contributed by atoms with Gasteiger partial charge in [0.2, 0.25) is 5.56 Å². The van der Waals surface area contributed by atoms with Crippen LogP contribution in [0.4, 0.5) is 4.79 Å². The van der Waals surface area contributed by atoms with Gasteiger partial charge in [0.25, 0.3) is 0 Å². The van der Waals surface area contributed by atoms with E-state index in [1.807, 2.05) is 78.9 Å². The van der Waals surface area contributed by atoms with Crippen molar-refractivity contribution in [2.75, 3.05) is 59.0 Å². The zero-order valence-electron chi connectivity index (χ0n) is 35.8. The number of amides is 1. The quantitative estimate of drug-likeness (QED) is 0.0471. The van der Waals surface area contributed by atoms with Gasteiger partial charge in [-0.25, -0.2) is 9.59 Å². The van der Waals surface area contributed by atoms with Crippen molar-refractivity contribution < 1.29 is 34.0 Å². The second-order valence-electron chi connectivity index (χ2n) is 17.2. The number of H-pyrrole nitrogens is 1. The van der Waals surface area contributed by atoms with E-state index in [0.717, 1.165) is 93.8 Å². The number of pyridine rings is 1. The normalized spacial score (nSPS) is 19.9. The fraction of sp³-hybridized carbons (Fsp3) is 0.420. The van der Waals surface area contributed by atoms with E-state index in [9.17, 15) is 24.6 Å². The van der Waals surface area contributed by atoms with Crippen molar-refractivity contribution in [1.82, 2.24) is 25.4 Å². The predicted molar refractivity (Wildman–Crippen MR) is 241 cm³/mol. The highest BCUT2D eigenvalue weighted by atomic mass is 16.6. The second-order valence-corrected chi connectivity index (χ2v) is 17.2. The number of aliphatic hydroxyl groups is 1. The molecule has 5 N–H and O–H groups in total. The SMILES string of the molecule is O=C(NC(c1ccccc1)c1cccc(OCC2CCN(Cc3ccc(C(=O)OCCCCNC[C@@H](O)c4ccc(O)c5[nH]c(=O)ccc45)cc3)CC2)c1)O[C@H]1CN2CCC1CC2. The largest absolute Gasteiger partial charge is 0.506 e. The van der Waals surface area contributed by atoms with Crippen molar-refractivity contribution in [3.05, 3.63) is 141 Å². The number of likely N-dealkylation sites (tertiary alicyclic amines) is 1. The van der Waals surface area contributed by atoms with E-state index in [2.05, 4.69) is 25.4 Å². The number of fused-ring (bicyclic) bond motifs is 4. The zero-order valence-corrected chi connectivity index (χ0v) is 35.8. The summed E-state index contributed by atoms with van der Waals surface area (Å²) in [7, 11) is 0. The van der Waals surface area contributed by atoms with Gasteiger partial charge in [0, 0.05) is 31.1 Å². The number of aromatic hydroxyl groups is 1. The van der Waals surface area contributed by atoms with Crippen LogP contribution in [-0.2, 0) is 16.0 Å². The smallest absolute Gasteiger partial charge is 0.408 e. The van der Waals surface area contributed by atoms with Crippen LogP contribution in [0.1, 0.15) is 83.3 Å². The summed E-state index contributed by atoms with van der Waals surface area (Å²) >= 11 is 0. The second kappa shape index (κ2) is 21.1. The number of aliphatic hydroxyl groups excluding tert-OH is 1. The van der Waals surface area contributed by atoms with Gasteiger partial charge in [-0.15, -0.1) is 0 Å². The summed E-state index contributed by atoms with van der Waals surface area (Å²) in [6, 6.07) is 31.4. The number of carbonyl (C=O) groups excluding carboxylic acids is 2. The molecule has 4 aliphatic heterocycles. The Morgan fingerprint density at radius 2 is 1.62 bits per heavy atom. The van der Waals surface area contributed by atoms with Crippen LogP contribution < -0.4 is 20.9 Å². The molecule has 1 unspecified atom stereocenters. The number of aromatic nitrogens is 1. The molecule has 5 aromatic rings. The van der Waals surface area contributed by atoms with Crippen molar-refractivity contribution in [2.45, 2.75) is 63.3 Å². The first-order valence-electron chi connectivity index (χ1n) is 22.4. The third-order valence-corrected chi connectivity index (χ3v) is 12.8. The molecule has 1 aromatic heterocycles. The predicted octanol–water partition coefficient (Wildman–Crippen LogP) is 6.69. The molecule has 4 aromatic carbocycles. The molecule has 0 aliphatic carbocycles. The summed E-state index contributed by atoms with van der Waals surface area (Å²) < 4.78 is 17.9. The van der Waals surface area contributed by atoms with Gasteiger partial charge >= 0.3 is 12.1 Å². The number of phenolic OH excluding ortho intramolecular Hbond substituents is 1. The van der Waals surface area contributed by atoms with Gasteiger partial charge in [-0.3, -0.25) is 14.6 Å². The van der Waals surface area contributed by atoms with E-state index in [1.54, 1.807) is 12.1 Å². The van der Waals surface area contributed by atoms with Crippen LogP contribution in [0.15, 0.2) is 108 Å². The summed E-state index contributed by atoms with van der Waals surface area (Å²) in [5, 5.41) is 27.8. The molecule has 332 valence electrons. The number of phenols is 1. The van der Waals surface area contributed by atoms with Gasteiger partial charge in [0.1, 0.15) is 17.6 Å². The van der Waals surface area contributed by atoms with E-state index >= 15 is 0 Å². The molecule has 2 bridgehead atoms. The molecular weight excluding hydrogens is 799 g/mol. The zero-order chi connectivity index (χ0) is 43.5. The summed E-state index contributed by atoms with van der Waals surface area (Å²) in [6.07, 6.45) is 4.38. The Hall–Kier alpha value is -5.73. The Morgan fingerprint density at radius 3 is 2.38 bits per heavy atom. The van der Waals surface area contributed by atoms with E-state index < -0.39 is 6.10 Å². The highest BCUT2D eigenvalue weighted by Gasteiger charge is 2.37. The molecule has 3 atom stereocenters. The molecule has 9 rings (SSSR count). The summed E-state index contributed by atoms with van der Waals surface area (Å²) in [4.78, 5) is 45.1. The average molecular weight is 858 g/mol. The molecule has 4 aliphatic rings. The number of carbonyl (C=O) groups is 2. The summed E-state index contributed by atoms with van der Waals surface area (Å²) in [5.41, 5.74) is 4.19. The number of hydrogen-bond donors (Lipinski definition) is 5. The molecule has 1 amide bonds. The van der Waals surface area contributed by atoms with Crippen LogP contribution in [0, 0.1) is 11.8 Å². The van der Waals surface area contributed by atoms with Crippen LogP contribution in [-0.4, -0.2) is 102 Å². The Labute approximate surface area is 368 Å². The maximum Gasteiger partial charge on any atom is 0.408 e. The molecule has 13 heteroatoms. The lowest BCUT2D eigenvalue weighted by Crippen LogP contribution is -2.52. The Balaban J connectivity index is 0.724. The monoisotopic (exact) mass is 857 g/mol. The first-order chi connectivity index (χ1) is 30.8. The minimum atomic E-state index is -0.828. The Morgan fingerprint density at radius 1 is 0.841 bits per heavy atom. The maximum atomic E-state index is 13.3. The molecule has 5 heterocycles. The van der Waals surface area contributed by atoms with E-state index in [-0.39, 0.29) is 35.5 Å². The fourth-order valence-corrected chi connectivity index (χ4v) is 9.15. The van der Waals surface area contributed by atoms with E-state index in [4.69, 9.17) is 14.2 Å². The minimum Gasteiger partial charge on any atom is -0.506 e. The number of rotatable bonds is 18. The van der Waals surface area contributed by atoms with Crippen molar-refractivity contribution in [3.63, 3.8) is 0 Å². The molecular formula is C50H59N5O8. The third-order valence-electron chi connectivity index (χ3n) is 12.8. The fourth-order valence-electron chi connectivity index (χ4n) is 9.15. The lowest BCUT2D eigenvalue weighted by atomic mass is 9.86. The molecule has 0 radical (unpaired) electrons. The highest BCUT2D eigenvalue weighted by Crippen LogP contribution is 2.32. The number of ether oxygens (including phenoxy) is 3. The molecule has 13 nitrogen and oxygen atoms in total. The summed E-state index contributed by atoms with van der Waals surface area (Å²) in [5.74, 6) is 1.27. The number of piperidine rings is 4. The Bertz CT molecular complexity index is 2340. The van der Waals surface area contributed by atoms with E-state index in [0.29, 0.717) is 66.6 Å². The van der Waals surface area contributed by atoms with Gasteiger partial charge < -0.3 is 40.0 Å². The standard InChI is InChI=1S/C50H59N5O8/c56-43-17-15-41(42-16-18-46(58)52-48(42)43)44(57)30-51-23-4-5-28-61-49(59)38-13-11-34(12-14-38)31-54-24-19-35(20-25-54)33-62-40-10-6-9-39(29-40)47(37-7-2-1-3-8-37)53-50(60)63-45-32-55-26-21-36(45)22-27-55/h1-3,6-18,29,35-36,44-45,47,51,56-57H,4-5,19-28,30-33H2,(H,52,58)(H,53,60)/t44-,45+,47?/m1/s1. The van der Waals surface area contributed by atoms with Crippen LogP contribution in [0.25, 0.3) is 10.9 Å². The van der Waals surface area contributed by atoms with Crippen molar-refractivity contribution in [2.24, 2.45) is 11.8 Å². The Kier molecular flexibility index (Phi) is 14.7. The van der Waals surface area contributed by atoms with E-state index in [1.165, 1.54) is 12.1 Å². The van der Waals surface area contributed by atoms with Gasteiger partial charge in [-0.2, -0.15) is 0 Å². The number of unbranched alkanes of at least 4 members (excludes halogenated alkanes) is 1. The number of alkyl carbamates (subject to hydrolysis) is 1. The first-order valence-corrected chi connectivity index (χ1v) is 22.4. The van der Waals surface area contributed by atoms with Crippen molar-refractivity contribution in [1.29, 1.82) is 0 Å². The van der Waals surface area contributed by atoms with Crippen LogP contribution in [0.5, 0.6) is 11.5 Å². The van der Waals surface area contributed by atoms with Gasteiger partial charge in [-0.1, -0.05) is 60.7 Å². The minimum absolute atomic E-state index is 0.0459. The molecule has 4 fully saturated rings. The maximum absolute atomic E-state index is 13.3.